The van der Waals surface area contributed by atoms with E-state index in [0.717, 1.165) is 43.9 Å². The standard InChI is InChI=1S/C30H15N3O3.Pt/c1-2-7-23-20(6-1)21-12-10-19(17-24(21)33(23)27-9-3-4-14-31-27)34-18-11-13-25-22(16-18)28-29-26(8-5-15-32-29)36-30(28)35-25;/h1-15H;/q-2;+2. The molecule has 6 nitrogen and oxygen atoms in total. The number of benzene rings is 3. The number of hydrogen-bond acceptors (Lipinski definition) is 5. The first-order valence-electron chi connectivity index (χ1n) is 11.5. The molecule has 8 rings (SSSR count). The van der Waals surface area contributed by atoms with Gasteiger partial charge in [0.05, 0.1) is 5.52 Å². The molecule has 0 aliphatic carbocycles. The van der Waals surface area contributed by atoms with Crippen LogP contribution in [0.1, 0.15) is 0 Å². The Morgan fingerprint density at radius 1 is 0.703 bits per heavy atom. The number of hydrogen-bond donors (Lipinski definition) is 0. The SMILES string of the molecule is [Pt+2].[c-]1c(Oc2[c-]c3c(cc2)c2ccccc2n3-c2ccccn2)ccc2oc3oc4cccnc4c3c12. The second-order valence-electron chi connectivity index (χ2n) is 8.51. The number of nitrogens with zero attached hydrogens (tertiary/aromatic N) is 3. The molecule has 0 aliphatic rings. The van der Waals surface area contributed by atoms with E-state index in [1.165, 1.54) is 0 Å². The van der Waals surface area contributed by atoms with E-state index >= 15 is 0 Å². The number of pyridine rings is 2. The minimum Gasteiger partial charge on any atom is -0.503 e. The third-order valence-corrected chi connectivity index (χ3v) is 6.40. The number of aromatic nitrogens is 3. The van der Waals surface area contributed by atoms with Crippen LogP contribution in [0.2, 0.25) is 0 Å². The zero-order chi connectivity index (χ0) is 23.6. The monoisotopic (exact) mass is 660 g/mol. The number of furan rings is 2. The molecular formula is C30H15N3O3Pt. The topological polar surface area (TPSA) is 66.2 Å². The van der Waals surface area contributed by atoms with Gasteiger partial charge in [-0.1, -0.05) is 53.4 Å². The van der Waals surface area contributed by atoms with Gasteiger partial charge >= 0.3 is 21.1 Å². The average molecular weight is 661 g/mol. The van der Waals surface area contributed by atoms with Crippen LogP contribution in [0.3, 0.4) is 0 Å². The normalized spacial score (nSPS) is 11.6. The third-order valence-electron chi connectivity index (χ3n) is 6.40. The Labute approximate surface area is 224 Å². The second-order valence-corrected chi connectivity index (χ2v) is 8.51. The maximum absolute atomic E-state index is 6.25. The Balaban J connectivity index is 0.00000231. The fourth-order valence-electron chi connectivity index (χ4n) is 4.87. The average Bonchev–Trinajstić information content (AvgIpc) is 3.56. The summed E-state index contributed by atoms with van der Waals surface area (Å²) in [6, 6.07) is 32.3. The second kappa shape index (κ2) is 8.32. The Hall–Kier alpha value is -4.41. The van der Waals surface area contributed by atoms with Gasteiger partial charge in [-0.15, -0.1) is 17.5 Å². The van der Waals surface area contributed by atoms with Crippen LogP contribution in [-0.2, 0) is 21.1 Å². The molecule has 8 aromatic rings. The molecule has 0 amide bonds. The summed E-state index contributed by atoms with van der Waals surface area (Å²) in [5, 5.41) is 3.77. The van der Waals surface area contributed by atoms with Gasteiger partial charge in [-0.25, -0.2) is 4.98 Å². The Morgan fingerprint density at radius 3 is 2.43 bits per heavy atom. The van der Waals surface area contributed by atoms with Gasteiger partial charge in [-0.2, -0.15) is 6.07 Å². The minimum atomic E-state index is 0. The molecule has 5 aromatic heterocycles. The van der Waals surface area contributed by atoms with E-state index in [-0.39, 0.29) is 21.1 Å². The summed E-state index contributed by atoms with van der Waals surface area (Å²) >= 11 is 0. The molecule has 0 N–H and O–H groups in total. The molecule has 0 saturated heterocycles. The molecule has 0 atom stereocenters. The van der Waals surface area contributed by atoms with Crippen LogP contribution >= 0.6 is 0 Å². The van der Waals surface area contributed by atoms with E-state index < -0.39 is 0 Å². The van der Waals surface area contributed by atoms with Crippen molar-refractivity contribution < 1.29 is 34.6 Å². The fourth-order valence-corrected chi connectivity index (χ4v) is 4.87. The van der Waals surface area contributed by atoms with Crippen molar-refractivity contribution >= 4 is 55.0 Å². The van der Waals surface area contributed by atoms with E-state index in [1.54, 1.807) is 12.4 Å². The molecule has 0 radical (unpaired) electrons. The Bertz CT molecular complexity index is 2090. The Kier molecular flexibility index (Phi) is 4.91. The molecular weight excluding hydrogens is 645 g/mol. The predicted octanol–water partition coefficient (Wildman–Crippen LogP) is 7.61. The summed E-state index contributed by atoms with van der Waals surface area (Å²) in [7, 11) is 0. The van der Waals surface area contributed by atoms with Gasteiger partial charge in [-0.05, 0) is 35.7 Å². The number of ether oxygens (including phenoxy) is 1. The van der Waals surface area contributed by atoms with E-state index in [0.29, 0.717) is 28.4 Å². The maximum atomic E-state index is 6.25. The van der Waals surface area contributed by atoms with Gasteiger partial charge in [-0.3, -0.25) is 4.98 Å². The van der Waals surface area contributed by atoms with Crippen molar-refractivity contribution in [3.05, 3.63) is 103 Å². The van der Waals surface area contributed by atoms with Gasteiger partial charge in [0, 0.05) is 40.4 Å². The van der Waals surface area contributed by atoms with Crippen molar-refractivity contribution in [1.29, 1.82) is 0 Å². The smallest absolute Gasteiger partial charge is 0.503 e. The van der Waals surface area contributed by atoms with Crippen LogP contribution in [-0.4, -0.2) is 14.5 Å². The number of rotatable bonds is 3. The Morgan fingerprint density at radius 2 is 1.51 bits per heavy atom. The first-order chi connectivity index (χ1) is 17.8. The van der Waals surface area contributed by atoms with Crippen LogP contribution in [0, 0.1) is 12.1 Å². The summed E-state index contributed by atoms with van der Waals surface area (Å²) in [6.07, 6.45) is 3.53. The van der Waals surface area contributed by atoms with Crippen LogP contribution in [0.25, 0.3) is 60.9 Å². The summed E-state index contributed by atoms with van der Waals surface area (Å²) in [5.74, 6) is 2.38. The van der Waals surface area contributed by atoms with Crippen molar-refractivity contribution in [2.45, 2.75) is 0 Å². The predicted molar refractivity (Wildman–Crippen MR) is 138 cm³/mol. The molecule has 0 spiro atoms. The minimum absolute atomic E-state index is 0. The van der Waals surface area contributed by atoms with Gasteiger partial charge in [0.2, 0.25) is 5.78 Å². The summed E-state index contributed by atoms with van der Waals surface area (Å²) in [5.41, 5.74) is 4.04. The zero-order valence-electron chi connectivity index (χ0n) is 19.0. The van der Waals surface area contributed by atoms with Gasteiger partial charge in [0.25, 0.3) is 0 Å². The first-order valence-corrected chi connectivity index (χ1v) is 11.5. The fraction of sp³-hybridized carbons (Fsp3) is 0. The number of para-hydroxylation sites is 1. The molecule has 7 heteroatoms. The molecule has 0 unspecified atom stereocenters. The van der Waals surface area contributed by atoms with E-state index in [2.05, 4.69) is 44.9 Å². The van der Waals surface area contributed by atoms with Crippen molar-refractivity contribution in [2.24, 2.45) is 0 Å². The van der Waals surface area contributed by atoms with Crippen molar-refractivity contribution in [1.82, 2.24) is 14.5 Å². The third kappa shape index (κ3) is 3.30. The van der Waals surface area contributed by atoms with Crippen molar-refractivity contribution in [3.63, 3.8) is 0 Å². The summed E-state index contributed by atoms with van der Waals surface area (Å²) in [4.78, 5) is 9.05. The van der Waals surface area contributed by atoms with Crippen molar-refractivity contribution in [3.8, 4) is 17.3 Å². The maximum Gasteiger partial charge on any atom is 2.00 e. The molecule has 0 aliphatic heterocycles. The van der Waals surface area contributed by atoms with Gasteiger partial charge < -0.3 is 18.1 Å². The summed E-state index contributed by atoms with van der Waals surface area (Å²) < 4.78 is 20.1. The largest absolute Gasteiger partial charge is 2.00 e. The molecule has 0 saturated carbocycles. The first kappa shape index (κ1) is 21.8. The van der Waals surface area contributed by atoms with Gasteiger partial charge in [0.1, 0.15) is 11.4 Å². The molecule has 178 valence electrons. The van der Waals surface area contributed by atoms with Crippen molar-refractivity contribution in [2.75, 3.05) is 0 Å². The molecule has 0 fully saturated rings. The molecule has 0 bridgehead atoms. The van der Waals surface area contributed by atoms with E-state index in [9.17, 15) is 0 Å². The molecule has 3 aromatic carbocycles. The van der Waals surface area contributed by atoms with Crippen LogP contribution in [0.4, 0.5) is 0 Å². The zero-order valence-corrected chi connectivity index (χ0v) is 21.3. The van der Waals surface area contributed by atoms with Crippen LogP contribution in [0.5, 0.6) is 11.5 Å². The quantitative estimate of drug-likeness (QED) is 0.183. The van der Waals surface area contributed by atoms with Crippen LogP contribution in [0.15, 0.2) is 100 Å². The molecule has 37 heavy (non-hydrogen) atoms. The van der Waals surface area contributed by atoms with E-state index in [4.69, 9.17) is 13.6 Å². The summed E-state index contributed by atoms with van der Waals surface area (Å²) in [6.45, 7) is 0. The number of fused-ring (bicyclic) bond motifs is 8. The van der Waals surface area contributed by atoms with E-state index in [1.807, 2.05) is 60.7 Å². The van der Waals surface area contributed by atoms with Gasteiger partial charge in [0.15, 0.2) is 0 Å². The van der Waals surface area contributed by atoms with Crippen LogP contribution < -0.4 is 4.74 Å². The molecule has 5 heterocycles.